The minimum Gasteiger partial charge on any atom is -0.454 e. The number of aromatic nitrogens is 3. The van der Waals surface area contributed by atoms with Gasteiger partial charge in [-0.1, -0.05) is 23.4 Å². The highest BCUT2D eigenvalue weighted by Gasteiger charge is 2.08. The van der Waals surface area contributed by atoms with Crippen molar-refractivity contribution in [3.05, 3.63) is 77.8 Å². The Bertz CT molecular complexity index is 1220. The van der Waals surface area contributed by atoms with E-state index in [4.69, 9.17) is 22.1 Å². The summed E-state index contributed by atoms with van der Waals surface area (Å²) in [5, 5.41) is 4.60. The molecule has 142 valence electrons. The lowest BCUT2D eigenvalue weighted by Gasteiger charge is -2.11. The van der Waals surface area contributed by atoms with Crippen molar-refractivity contribution in [2.45, 2.75) is 0 Å². The summed E-state index contributed by atoms with van der Waals surface area (Å²) in [5.74, 6) is 7.69. The summed E-state index contributed by atoms with van der Waals surface area (Å²) < 4.78 is 5.76. The van der Waals surface area contributed by atoms with E-state index < -0.39 is 0 Å². The Balaban J connectivity index is 1.62. The van der Waals surface area contributed by atoms with Gasteiger partial charge in [0.05, 0.1) is 23.3 Å². The quantitative estimate of drug-likeness (QED) is 0.489. The van der Waals surface area contributed by atoms with Gasteiger partial charge in [-0.25, -0.2) is 9.97 Å². The maximum Gasteiger partial charge on any atom is 0.146 e. The van der Waals surface area contributed by atoms with Crippen LogP contribution in [-0.4, -0.2) is 21.5 Å². The fraction of sp³-hybridized carbons (Fsp3) is 0.0455. The van der Waals surface area contributed by atoms with E-state index in [9.17, 15) is 0 Å². The van der Waals surface area contributed by atoms with Crippen LogP contribution in [0.25, 0.3) is 10.9 Å². The largest absolute Gasteiger partial charge is 0.454 e. The summed E-state index contributed by atoms with van der Waals surface area (Å²) >= 11 is 6.40. The standard InChI is InChI=1S/C22H16ClN5O/c23-19-12-16(6-8-21(19)29-17-4-2-10-25-13-17)28-22-18-11-15(3-1-9-24)5-7-20(18)26-14-27-22/h2,4-8,10-14H,9,24H2,(H,26,27,28). The van der Waals surface area contributed by atoms with Crippen molar-refractivity contribution in [1.29, 1.82) is 0 Å². The molecule has 0 aliphatic rings. The summed E-state index contributed by atoms with van der Waals surface area (Å²) in [7, 11) is 0. The maximum absolute atomic E-state index is 6.40. The molecule has 4 rings (SSSR count). The van der Waals surface area contributed by atoms with E-state index in [0.29, 0.717) is 28.9 Å². The molecular weight excluding hydrogens is 386 g/mol. The van der Waals surface area contributed by atoms with Crippen LogP contribution in [0.2, 0.25) is 5.02 Å². The molecule has 0 bridgehead atoms. The Kier molecular flexibility index (Phi) is 5.52. The van der Waals surface area contributed by atoms with Crippen LogP contribution in [-0.2, 0) is 0 Å². The second kappa shape index (κ2) is 8.57. The van der Waals surface area contributed by atoms with Crippen molar-refractivity contribution < 1.29 is 4.74 Å². The molecule has 0 radical (unpaired) electrons. The van der Waals surface area contributed by atoms with E-state index in [1.807, 2.05) is 30.3 Å². The molecule has 0 unspecified atom stereocenters. The van der Waals surface area contributed by atoms with Gasteiger partial charge in [-0.15, -0.1) is 0 Å². The van der Waals surface area contributed by atoms with Gasteiger partial charge in [-0.05, 0) is 48.5 Å². The third-order valence-corrected chi connectivity index (χ3v) is 4.32. The molecular formula is C22H16ClN5O. The average Bonchev–Trinajstić information content (AvgIpc) is 2.75. The summed E-state index contributed by atoms with van der Waals surface area (Å²) in [6.45, 7) is 0.306. The smallest absolute Gasteiger partial charge is 0.146 e. The topological polar surface area (TPSA) is 86.0 Å². The minimum atomic E-state index is 0.306. The molecule has 0 fully saturated rings. The predicted octanol–water partition coefficient (Wildman–Crippen LogP) is 4.52. The summed E-state index contributed by atoms with van der Waals surface area (Å²) in [6.07, 6.45) is 4.82. The summed E-state index contributed by atoms with van der Waals surface area (Å²) in [5.41, 5.74) is 7.88. The number of anilines is 2. The van der Waals surface area contributed by atoms with Crippen molar-refractivity contribution in [3.63, 3.8) is 0 Å². The zero-order valence-corrected chi connectivity index (χ0v) is 16.0. The van der Waals surface area contributed by atoms with Crippen LogP contribution in [0.15, 0.2) is 67.3 Å². The van der Waals surface area contributed by atoms with E-state index in [1.54, 1.807) is 30.6 Å². The average molecular weight is 402 g/mol. The van der Waals surface area contributed by atoms with Crippen LogP contribution in [0.4, 0.5) is 11.5 Å². The normalized spacial score (nSPS) is 10.3. The number of nitrogens with two attached hydrogens (primary N) is 1. The molecule has 2 heterocycles. The van der Waals surface area contributed by atoms with E-state index >= 15 is 0 Å². The lowest BCUT2D eigenvalue weighted by atomic mass is 10.1. The molecule has 0 amide bonds. The highest BCUT2D eigenvalue weighted by molar-refractivity contribution is 6.32. The van der Waals surface area contributed by atoms with Crippen LogP contribution in [0.1, 0.15) is 5.56 Å². The third-order valence-electron chi connectivity index (χ3n) is 4.03. The lowest BCUT2D eigenvalue weighted by Crippen LogP contribution is -1.97. The number of nitrogens with zero attached hydrogens (tertiary/aromatic N) is 3. The number of benzene rings is 2. The zero-order valence-electron chi connectivity index (χ0n) is 15.3. The Morgan fingerprint density at radius 3 is 2.83 bits per heavy atom. The van der Waals surface area contributed by atoms with Crippen LogP contribution < -0.4 is 15.8 Å². The number of fused-ring (bicyclic) bond motifs is 1. The van der Waals surface area contributed by atoms with Gasteiger partial charge in [-0.3, -0.25) is 4.98 Å². The second-order valence-corrected chi connectivity index (χ2v) is 6.43. The Morgan fingerprint density at radius 2 is 2.03 bits per heavy atom. The van der Waals surface area contributed by atoms with Gasteiger partial charge in [0.1, 0.15) is 23.6 Å². The molecule has 7 heteroatoms. The van der Waals surface area contributed by atoms with Gasteiger partial charge in [0.15, 0.2) is 0 Å². The van der Waals surface area contributed by atoms with Crippen molar-refractivity contribution in [3.8, 4) is 23.3 Å². The lowest BCUT2D eigenvalue weighted by molar-refractivity contribution is 0.480. The van der Waals surface area contributed by atoms with Crippen LogP contribution in [0.3, 0.4) is 0 Å². The van der Waals surface area contributed by atoms with Crippen LogP contribution in [0.5, 0.6) is 11.5 Å². The first kappa shape index (κ1) is 18.7. The molecule has 4 aromatic rings. The number of nitrogens with one attached hydrogen (secondary N) is 1. The van der Waals surface area contributed by atoms with Gasteiger partial charge in [-0.2, -0.15) is 0 Å². The molecule has 6 nitrogen and oxygen atoms in total. The molecule has 0 aliphatic carbocycles. The molecule has 29 heavy (non-hydrogen) atoms. The van der Waals surface area contributed by atoms with Crippen molar-refractivity contribution in [2.24, 2.45) is 5.73 Å². The van der Waals surface area contributed by atoms with Gasteiger partial charge in [0.2, 0.25) is 0 Å². The number of rotatable bonds is 4. The van der Waals surface area contributed by atoms with Gasteiger partial charge < -0.3 is 15.8 Å². The summed E-state index contributed by atoms with van der Waals surface area (Å²) in [4.78, 5) is 12.7. The molecule has 0 aliphatic heterocycles. The first-order valence-corrected chi connectivity index (χ1v) is 9.19. The summed E-state index contributed by atoms with van der Waals surface area (Å²) in [6, 6.07) is 14.8. The highest BCUT2D eigenvalue weighted by Crippen LogP contribution is 2.33. The van der Waals surface area contributed by atoms with E-state index in [0.717, 1.165) is 22.2 Å². The van der Waals surface area contributed by atoms with Crippen LogP contribution >= 0.6 is 11.6 Å². The predicted molar refractivity (Wildman–Crippen MR) is 115 cm³/mol. The Labute approximate surface area is 172 Å². The zero-order chi connectivity index (χ0) is 20.1. The number of halogens is 1. The first-order chi connectivity index (χ1) is 14.2. The van der Waals surface area contributed by atoms with E-state index in [1.165, 1.54) is 6.33 Å². The molecule has 2 aromatic heterocycles. The van der Waals surface area contributed by atoms with Gasteiger partial charge in [0, 0.05) is 22.8 Å². The SMILES string of the molecule is NCC#Cc1ccc2ncnc(Nc3ccc(Oc4cccnc4)c(Cl)c3)c2c1. The first-order valence-electron chi connectivity index (χ1n) is 8.81. The van der Waals surface area contributed by atoms with Gasteiger partial charge in [0.25, 0.3) is 0 Å². The molecule has 2 aromatic carbocycles. The van der Waals surface area contributed by atoms with Crippen molar-refractivity contribution >= 4 is 34.0 Å². The molecule has 0 saturated carbocycles. The van der Waals surface area contributed by atoms with Crippen LogP contribution in [0, 0.1) is 11.8 Å². The minimum absolute atomic E-state index is 0.306. The third kappa shape index (κ3) is 4.43. The van der Waals surface area contributed by atoms with Crippen molar-refractivity contribution in [1.82, 2.24) is 15.0 Å². The second-order valence-electron chi connectivity index (χ2n) is 6.02. The fourth-order valence-electron chi connectivity index (χ4n) is 2.72. The molecule has 0 saturated heterocycles. The number of pyridine rings is 1. The number of hydrogen-bond donors (Lipinski definition) is 2. The molecule has 0 spiro atoms. The number of hydrogen-bond acceptors (Lipinski definition) is 6. The van der Waals surface area contributed by atoms with Crippen molar-refractivity contribution in [2.75, 3.05) is 11.9 Å². The Morgan fingerprint density at radius 1 is 1.10 bits per heavy atom. The highest BCUT2D eigenvalue weighted by atomic mass is 35.5. The number of ether oxygens (including phenoxy) is 1. The fourth-order valence-corrected chi connectivity index (χ4v) is 2.94. The maximum atomic E-state index is 6.40. The Hall–Kier alpha value is -3.66. The van der Waals surface area contributed by atoms with E-state index in [-0.39, 0.29) is 0 Å². The monoisotopic (exact) mass is 401 g/mol. The molecule has 0 atom stereocenters. The van der Waals surface area contributed by atoms with Gasteiger partial charge >= 0.3 is 0 Å². The molecule has 3 N–H and O–H groups in total. The van der Waals surface area contributed by atoms with E-state index in [2.05, 4.69) is 32.1 Å².